The molecule has 66 valence electrons. The minimum absolute atomic E-state index is 0.168. The maximum absolute atomic E-state index is 10.9. The van der Waals surface area contributed by atoms with Crippen molar-refractivity contribution in [3.05, 3.63) is 23.1 Å². The van der Waals surface area contributed by atoms with Crippen molar-refractivity contribution in [1.29, 1.82) is 0 Å². The fourth-order valence-corrected chi connectivity index (χ4v) is 1.17. The number of hydrogen-bond acceptors (Lipinski definition) is 4. The first-order valence-corrected chi connectivity index (χ1v) is 3.72. The standard InChI is InChI=1S/C6H4ClN5O/c7-4-1-3(5(8)13)6-10-9-2-12(6)11-4/h1-2H,(H2,8,13). The number of amides is 1. The van der Waals surface area contributed by atoms with Crippen LogP contribution < -0.4 is 5.73 Å². The van der Waals surface area contributed by atoms with Crippen molar-refractivity contribution in [2.45, 2.75) is 0 Å². The summed E-state index contributed by atoms with van der Waals surface area (Å²) in [6, 6.07) is 1.36. The number of carbonyl (C=O) groups excluding carboxylic acids is 1. The van der Waals surface area contributed by atoms with Crippen LogP contribution in [0.2, 0.25) is 5.15 Å². The highest BCUT2D eigenvalue weighted by atomic mass is 35.5. The van der Waals surface area contributed by atoms with Gasteiger partial charge in [0, 0.05) is 0 Å². The molecule has 0 bridgehead atoms. The van der Waals surface area contributed by atoms with Gasteiger partial charge in [-0.2, -0.15) is 9.61 Å². The Kier molecular flexibility index (Phi) is 1.63. The second-order valence-corrected chi connectivity index (χ2v) is 2.73. The predicted molar refractivity (Wildman–Crippen MR) is 44.3 cm³/mol. The van der Waals surface area contributed by atoms with Crippen LogP contribution in [0.4, 0.5) is 0 Å². The molecule has 7 heteroatoms. The van der Waals surface area contributed by atoms with E-state index in [0.29, 0.717) is 5.65 Å². The van der Waals surface area contributed by atoms with Crippen LogP contribution >= 0.6 is 11.6 Å². The van der Waals surface area contributed by atoms with Crippen molar-refractivity contribution in [1.82, 2.24) is 19.8 Å². The first-order valence-electron chi connectivity index (χ1n) is 3.35. The van der Waals surface area contributed by atoms with Crippen LogP contribution in [0.3, 0.4) is 0 Å². The van der Waals surface area contributed by atoms with E-state index < -0.39 is 5.91 Å². The highest BCUT2D eigenvalue weighted by molar-refractivity contribution is 6.29. The Morgan fingerprint density at radius 3 is 3.08 bits per heavy atom. The van der Waals surface area contributed by atoms with Gasteiger partial charge in [-0.1, -0.05) is 11.6 Å². The third kappa shape index (κ3) is 1.20. The quantitative estimate of drug-likeness (QED) is 0.690. The van der Waals surface area contributed by atoms with E-state index in [2.05, 4.69) is 15.3 Å². The fourth-order valence-electron chi connectivity index (χ4n) is 0.977. The molecule has 0 spiro atoms. The second-order valence-electron chi connectivity index (χ2n) is 2.34. The molecule has 1 amide bonds. The number of nitrogens with zero attached hydrogens (tertiary/aromatic N) is 4. The summed E-state index contributed by atoms with van der Waals surface area (Å²) in [7, 11) is 0. The third-order valence-corrected chi connectivity index (χ3v) is 1.69. The van der Waals surface area contributed by atoms with E-state index in [0.717, 1.165) is 0 Å². The molecular weight excluding hydrogens is 194 g/mol. The molecule has 0 unspecified atom stereocenters. The minimum atomic E-state index is -0.609. The third-order valence-electron chi connectivity index (χ3n) is 1.50. The van der Waals surface area contributed by atoms with Gasteiger partial charge in [-0.15, -0.1) is 10.2 Å². The van der Waals surface area contributed by atoms with E-state index in [9.17, 15) is 4.79 Å². The van der Waals surface area contributed by atoms with Crippen LogP contribution in [-0.4, -0.2) is 25.7 Å². The molecule has 0 aliphatic heterocycles. The summed E-state index contributed by atoms with van der Waals surface area (Å²) in [5, 5.41) is 11.2. The van der Waals surface area contributed by atoms with E-state index in [1.54, 1.807) is 0 Å². The molecule has 0 saturated heterocycles. The first kappa shape index (κ1) is 7.93. The summed E-state index contributed by atoms with van der Waals surface area (Å²) < 4.78 is 1.29. The number of fused-ring (bicyclic) bond motifs is 1. The van der Waals surface area contributed by atoms with Crippen LogP contribution in [0, 0.1) is 0 Å². The molecule has 0 aliphatic carbocycles. The summed E-state index contributed by atoms with van der Waals surface area (Å²) >= 11 is 5.63. The number of halogens is 1. The lowest BCUT2D eigenvalue weighted by Crippen LogP contribution is -2.13. The largest absolute Gasteiger partial charge is 0.365 e. The monoisotopic (exact) mass is 197 g/mol. The van der Waals surface area contributed by atoms with Gasteiger partial charge in [0.2, 0.25) is 0 Å². The van der Waals surface area contributed by atoms with Crippen LogP contribution in [-0.2, 0) is 0 Å². The maximum atomic E-state index is 10.9. The maximum Gasteiger partial charge on any atom is 0.252 e. The number of hydrogen-bond donors (Lipinski definition) is 1. The van der Waals surface area contributed by atoms with Crippen molar-refractivity contribution < 1.29 is 4.79 Å². The van der Waals surface area contributed by atoms with Gasteiger partial charge in [-0.05, 0) is 6.07 Å². The molecule has 2 heterocycles. The Hall–Kier alpha value is -1.69. The molecule has 0 saturated carbocycles. The molecule has 2 rings (SSSR count). The predicted octanol–water partition coefficient (Wildman–Crippen LogP) is -0.123. The van der Waals surface area contributed by atoms with Gasteiger partial charge in [0.25, 0.3) is 5.91 Å². The normalized spacial score (nSPS) is 10.5. The van der Waals surface area contributed by atoms with Crippen LogP contribution in [0.15, 0.2) is 12.4 Å². The number of nitrogens with two attached hydrogens (primary N) is 1. The summed E-state index contributed by atoms with van der Waals surface area (Å²) in [5.41, 5.74) is 5.61. The molecule has 2 N–H and O–H groups in total. The SMILES string of the molecule is NC(=O)c1cc(Cl)nn2cnnc12. The molecular formula is C6H4ClN5O. The van der Waals surface area contributed by atoms with E-state index in [-0.39, 0.29) is 10.7 Å². The summed E-state index contributed by atoms with van der Waals surface area (Å²) in [6.07, 6.45) is 1.34. The van der Waals surface area contributed by atoms with Gasteiger partial charge < -0.3 is 5.73 Å². The Bertz CT molecular complexity index is 479. The molecule has 0 atom stereocenters. The lowest BCUT2D eigenvalue weighted by molar-refractivity contribution is 0.100. The van der Waals surface area contributed by atoms with Crippen molar-refractivity contribution in [2.24, 2.45) is 5.73 Å². The van der Waals surface area contributed by atoms with E-state index in [4.69, 9.17) is 17.3 Å². The minimum Gasteiger partial charge on any atom is -0.365 e. The Labute approximate surface area is 77.3 Å². The smallest absolute Gasteiger partial charge is 0.252 e. The summed E-state index contributed by atoms with van der Waals surface area (Å²) in [5.74, 6) is -0.609. The summed E-state index contributed by atoms with van der Waals surface area (Å²) in [4.78, 5) is 10.9. The average Bonchev–Trinajstić information content (AvgIpc) is 2.49. The second kappa shape index (κ2) is 2.67. The molecule has 6 nitrogen and oxygen atoms in total. The zero-order valence-corrected chi connectivity index (χ0v) is 7.06. The van der Waals surface area contributed by atoms with Gasteiger partial charge in [-0.25, -0.2) is 0 Å². The summed E-state index contributed by atoms with van der Waals surface area (Å²) in [6.45, 7) is 0. The van der Waals surface area contributed by atoms with Crippen LogP contribution in [0.25, 0.3) is 5.65 Å². The van der Waals surface area contributed by atoms with E-state index >= 15 is 0 Å². The molecule has 0 aromatic carbocycles. The van der Waals surface area contributed by atoms with Crippen LogP contribution in [0.5, 0.6) is 0 Å². The van der Waals surface area contributed by atoms with Crippen molar-refractivity contribution >= 4 is 23.2 Å². The number of aromatic nitrogens is 4. The van der Waals surface area contributed by atoms with Gasteiger partial charge in [0.1, 0.15) is 6.33 Å². The zero-order chi connectivity index (χ0) is 9.42. The fraction of sp³-hybridized carbons (Fsp3) is 0. The first-order chi connectivity index (χ1) is 6.18. The van der Waals surface area contributed by atoms with Gasteiger partial charge in [-0.3, -0.25) is 4.79 Å². The van der Waals surface area contributed by atoms with Crippen LogP contribution in [0.1, 0.15) is 10.4 Å². The topological polar surface area (TPSA) is 86.2 Å². The Morgan fingerprint density at radius 2 is 2.38 bits per heavy atom. The van der Waals surface area contributed by atoms with Crippen molar-refractivity contribution in [2.75, 3.05) is 0 Å². The molecule has 0 fully saturated rings. The highest BCUT2D eigenvalue weighted by Crippen LogP contribution is 2.11. The number of rotatable bonds is 1. The lowest BCUT2D eigenvalue weighted by atomic mass is 10.3. The Balaban J connectivity index is 2.84. The number of carbonyl (C=O) groups is 1. The molecule has 2 aromatic rings. The van der Waals surface area contributed by atoms with E-state index in [1.807, 2.05) is 0 Å². The van der Waals surface area contributed by atoms with Gasteiger partial charge in [0.05, 0.1) is 5.56 Å². The highest BCUT2D eigenvalue weighted by Gasteiger charge is 2.10. The van der Waals surface area contributed by atoms with Crippen molar-refractivity contribution in [3.8, 4) is 0 Å². The lowest BCUT2D eigenvalue weighted by Gasteiger charge is -1.97. The van der Waals surface area contributed by atoms with Crippen molar-refractivity contribution in [3.63, 3.8) is 0 Å². The molecule has 2 aromatic heterocycles. The van der Waals surface area contributed by atoms with E-state index in [1.165, 1.54) is 16.9 Å². The van der Waals surface area contributed by atoms with Gasteiger partial charge in [0.15, 0.2) is 10.8 Å². The van der Waals surface area contributed by atoms with Gasteiger partial charge >= 0.3 is 0 Å². The molecule has 13 heavy (non-hydrogen) atoms. The Morgan fingerprint density at radius 1 is 1.62 bits per heavy atom. The molecule has 0 aliphatic rings. The number of primary amides is 1. The molecule has 0 radical (unpaired) electrons. The zero-order valence-electron chi connectivity index (χ0n) is 6.31. The average molecular weight is 198 g/mol.